The van der Waals surface area contributed by atoms with Crippen molar-refractivity contribution in [1.82, 2.24) is 0 Å². The van der Waals surface area contributed by atoms with Gasteiger partial charge < -0.3 is 0 Å². The van der Waals surface area contributed by atoms with Crippen molar-refractivity contribution in [1.29, 1.82) is 0 Å². The van der Waals surface area contributed by atoms with Gasteiger partial charge in [-0.15, -0.1) is 0 Å². The maximum atomic E-state index is 4.45. The molecule has 0 aromatic heterocycles. The molecule has 2 aromatic carbocycles. The van der Waals surface area contributed by atoms with E-state index in [0.717, 1.165) is 19.3 Å². The maximum Gasteiger partial charge on any atom is 0.0210 e. The predicted octanol–water partition coefficient (Wildman–Crippen LogP) is 13.1. The fourth-order valence-corrected chi connectivity index (χ4v) is 6.94. The molecular formula is C43H58. The minimum atomic E-state index is 0.430. The molecule has 230 valence electrons. The molecule has 5 atom stereocenters. The lowest BCUT2D eigenvalue weighted by Gasteiger charge is -2.25. The molecule has 0 nitrogen and oxygen atoms in total. The highest BCUT2D eigenvalue weighted by molar-refractivity contribution is 5.49. The van der Waals surface area contributed by atoms with E-state index in [9.17, 15) is 0 Å². The van der Waals surface area contributed by atoms with Crippen LogP contribution in [0.4, 0.5) is 0 Å². The first-order valence-electron chi connectivity index (χ1n) is 17.0. The van der Waals surface area contributed by atoms with E-state index < -0.39 is 0 Å². The van der Waals surface area contributed by atoms with Crippen LogP contribution in [0.25, 0.3) is 0 Å². The highest BCUT2D eigenvalue weighted by Gasteiger charge is 2.26. The Kier molecular flexibility index (Phi) is 13.8. The highest BCUT2D eigenvalue weighted by atomic mass is 14.3. The second-order valence-electron chi connectivity index (χ2n) is 12.8. The van der Waals surface area contributed by atoms with Crippen LogP contribution in [0, 0.1) is 17.8 Å². The number of hydrogen-bond donors (Lipinski definition) is 0. The summed E-state index contributed by atoms with van der Waals surface area (Å²) in [5.41, 5.74) is 11.5. The monoisotopic (exact) mass is 574 g/mol. The molecule has 0 fully saturated rings. The van der Waals surface area contributed by atoms with Crippen molar-refractivity contribution >= 4 is 0 Å². The summed E-state index contributed by atoms with van der Waals surface area (Å²) in [4.78, 5) is 0. The van der Waals surface area contributed by atoms with Gasteiger partial charge in [0.1, 0.15) is 0 Å². The summed E-state index contributed by atoms with van der Waals surface area (Å²) < 4.78 is 0. The minimum absolute atomic E-state index is 0.430. The van der Waals surface area contributed by atoms with Crippen LogP contribution in [0.1, 0.15) is 116 Å². The van der Waals surface area contributed by atoms with Crippen molar-refractivity contribution < 1.29 is 0 Å². The van der Waals surface area contributed by atoms with Gasteiger partial charge in [-0.2, -0.15) is 0 Å². The van der Waals surface area contributed by atoms with Crippen LogP contribution in [0.2, 0.25) is 0 Å². The van der Waals surface area contributed by atoms with Crippen LogP contribution >= 0.6 is 0 Å². The number of hydrogen-bond acceptors (Lipinski definition) is 0. The van der Waals surface area contributed by atoms with Crippen LogP contribution in [0.15, 0.2) is 132 Å². The highest BCUT2D eigenvalue weighted by Crippen LogP contribution is 2.41. The lowest BCUT2D eigenvalue weighted by atomic mass is 9.80. The van der Waals surface area contributed by atoms with Gasteiger partial charge in [-0.25, -0.2) is 0 Å². The minimum Gasteiger partial charge on any atom is -0.0992 e. The molecule has 2 aliphatic carbocycles. The zero-order valence-corrected chi connectivity index (χ0v) is 28.3. The predicted molar refractivity (Wildman–Crippen MR) is 191 cm³/mol. The SMILES string of the molecule is C=C(C(C)CCC)C(CC)C1=CC(c2ccccc2)C=C1C.C=C(CCCC)C(CC)C1=CC(c2ccccc2)C=C1C. The lowest BCUT2D eigenvalue weighted by molar-refractivity contribution is 0.526. The average molecular weight is 575 g/mol. The molecule has 0 spiro atoms. The van der Waals surface area contributed by atoms with E-state index in [4.69, 9.17) is 0 Å². The molecule has 0 radical (unpaired) electrons. The van der Waals surface area contributed by atoms with E-state index in [1.165, 1.54) is 70.2 Å². The maximum absolute atomic E-state index is 4.45. The van der Waals surface area contributed by atoms with Gasteiger partial charge in [-0.05, 0) is 74.1 Å². The molecule has 0 N–H and O–H groups in total. The molecule has 5 unspecified atom stereocenters. The lowest BCUT2D eigenvalue weighted by Crippen LogP contribution is -2.12. The van der Waals surface area contributed by atoms with E-state index >= 15 is 0 Å². The topological polar surface area (TPSA) is 0 Å². The van der Waals surface area contributed by atoms with Gasteiger partial charge >= 0.3 is 0 Å². The quantitative estimate of drug-likeness (QED) is 0.197. The van der Waals surface area contributed by atoms with Gasteiger partial charge in [0.15, 0.2) is 0 Å². The van der Waals surface area contributed by atoms with Crippen LogP contribution in [0.5, 0.6) is 0 Å². The van der Waals surface area contributed by atoms with Crippen LogP contribution in [0.3, 0.4) is 0 Å². The molecule has 0 bridgehead atoms. The van der Waals surface area contributed by atoms with Crippen molar-refractivity contribution in [3.8, 4) is 0 Å². The van der Waals surface area contributed by atoms with Crippen molar-refractivity contribution in [3.05, 3.63) is 143 Å². The Morgan fingerprint density at radius 2 is 1.12 bits per heavy atom. The Labute approximate surface area is 265 Å². The van der Waals surface area contributed by atoms with Crippen LogP contribution in [-0.2, 0) is 0 Å². The molecule has 0 amide bonds. The zero-order valence-electron chi connectivity index (χ0n) is 28.3. The molecule has 2 aliphatic rings. The van der Waals surface area contributed by atoms with Gasteiger partial charge in [0, 0.05) is 23.7 Å². The Hall–Kier alpha value is -3.12. The molecule has 2 aromatic rings. The Morgan fingerprint density at radius 1 is 0.651 bits per heavy atom. The van der Waals surface area contributed by atoms with Crippen molar-refractivity contribution in [2.75, 3.05) is 0 Å². The van der Waals surface area contributed by atoms with Gasteiger partial charge in [0.05, 0.1) is 0 Å². The third kappa shape index (κ3) is 9.18. The number of benzene rings is 2. The second-order valence-corrected chi connectivity index (χ2v) is 12.8. The van der Waals surface area contributed by atoms with E-state index in [2.05, 4.69) is 147 Å². The van der Waals surface area contributed by atoms with Crippen molar-refractivity contribution in [3.63, 3.8) is 0 Å². The fourth-order valence-electron chi connectivity index (χ4n) is 6.94. The summed E-state index contributed by atoms with van der Waals surface area (Å²) in [5, 5.41) is 0. The van der Waals surface area contributed by atoms with Crippen LogP contribution < -0.4 is 0 Å². The molecule has 0 saturated heterocycles. The van der Waals surface area contributed by atoms with Crippen molar-refractivity contribution in [2.45, 2.75) is 105 Å². The average Bonchev–Trinajstić information content (AvgIpc) is 3.60. The van der Waals surface area contributed by atoms with Gasteiger partial charge in [-0.1, -0.05) is 168 Å². The molecular weight excluding hydrogens is 516 g/mol. The molecule has 4 rings (SSSR count). The molecule has 0 saturated carbocycles. The second kappa shape index (κ2) is 17.2. The Balaban J connectivity index is 0.000000236. The van der Waals surface area contributed by atoms with Gasteiger partial charge in [-0.3, -0.25) is 0 Å². The molecule has 0 heterocycles. The third-order valence-electron chi connectivity index (χ3n) is 9.57. The standard InChI is InChI=1S/C22H30.C21H28/c1-6-11-16(3)18(5)21(7-2)22-15-20(14-17(22)4)19-12-9-8-10-13-19;1-5-7-11-16(3)20(6-2)21-15-19(14-17(21)4)18-12-9-8-10-13-18/h8-10,12-16,20-21H,5-7,11H2,1-4H3;8-10,12-15,19-20H,3,5-7,11H2,1-2,4H3. The Morgan fingerprint density at radius 3 is 1.53 bits per heavy atom. The number of unbranched alkanes of at least 4 members (excludes halogenated alkanes) is 1. The van der Waals surface area contributed by atoms with Gasteiger partial charge in [0.2, 0.25) is 0 Å². The summed E-state index contributed by atoms with van der Waals surface area (Å²) in [6.07, 6.45) is 18.2. The summed E-state index contributed by atoms with van der Waals surface area (Å²) in [7, 11) is 0. The summed E-state index contributed by atoms with van der Waals surface area (Å²) in [5.74, 6) is 2.52. The van der Waals surface area contributed by atoms with E-state index in [0.29, 0.717) is 29.6 Å². The summed E-state index contributed by atoms with van der Waals surface area (Å²) in [6, 6.07) is 21.6. The molecule has 0 aliphatic heterocycles. The summed E-state index contributed by atoms with van der Waals surface area (Å²) >= 11 is 0. The molecule has 43 heavy (non-hydrogen) atoms. The normalized spacial score (nSPS) is 19.7. The number of allylic oxidation sites excluding steroid dienone is 10. The zero-order chi connectivity index (χ0) is 31.4. The first-order chi connectivity index (χ1) is 20.7. The van der Waals surface area contributed by atoms with E-state index in [1.807, 2.05) is 0 Å². The number of rotatable bonds is 14. The van der Waals surface area contributed by atoms with E-state index in [1.54, 1.807) is 0 Å². The summed E-state index contributed by atoms with van der Waals surface area (Å²) in [6.45, 7) is 24.8. The Bertz CT molecular complexity index is 1300. The van der Waals surface area contributed by atoms with Gasteiger partial charge in [0.25, 0.3) is 0 Å². The smallest absolute Gasteiger partial charge is 0.0210 e. The fraction of sp³-hybridized carbons (Fsp3) is 0.442. The van der Waals surface area contributed by atoms with E-state index in [-0.39, 0.29) is 0 Å². The van der Waals surface area contributed by atoms with Crippen molar-refractivity contribution in [2.24, 2.45) is 17.8 Å². The first kappa shape index (κ1) is 34.4. The largest absolute Gasteiger partial charge is 0.0992 e. The molecule has 0 heteroatoms. The van der Waals surface area contributed by atoms with Crippen LogP contribution in [-0.4, -0.2) is 0 Å². The first-order valence-corrected chi connectivity index (χ1v) is 17.0. The third-order valence-corrected chi connectivity index (χ3v) is 9.57.